The molecule has 1 aliphatic carbocycles. The molecule has 4 nitrogen and oxygen atoms in total. The van der Waals surface area contributed by atoms with E-state index >= 15 is 0 Å². The number of nitrogens with zero attached hydrogens (tertiary/aromatic N) is 1. The van der Waals surface area contributed by atoms with E-state index in [0.717, 1.165) is 52.1 Å². The van der Waals surface area contributed by atoms with Crippen molar-refractivity contribution in [2.45, 2.75) is 33.1 Å². The van der Waals surface area contributed by atoms with Gasteiger partial charge in [-0.25, -0.2) is 0 Å². The zero-order valence-corrected chi connectivity index (χ0v) is 12.9. The second-order valence-electron chi connectivity index (χ2n) is 6.12. The van der Waals surface area contributed by atoms with Crippen LogP contribution in [0, 0.1) is 11.3 Å². The van der Waals surface area contributed by atoms with Gasteiger partial charge in [-0.05, 0) is 19.3 Å². The van der Waals surface area contributed by atoms with Crippen molar-refractivity contribution in [1.82, 2.24) is 4.90 Å². The number of hydrogen-bond donors (Lipinski definition) is 0. The smallest absolute Gasteiger partial charge is 0.142 e. The number of rotatable bonds is 9. The Morgan fingerprint density at radius 1 is 1.21 bits per heavy atom. The van der Waals surface area contributed by atoms with Gasteiger partial charge in [0.05, 0.1) is 6.61 Å². The Labute approximate surface area is 117 Å². The Morgan fingerprint density at radius 2 is 1.89 bits per heavy atom. The fourth-order valence-corrected chi connectivity index (χ4v) is 2.78. The van der Waals surface area contributed by atoms with Gasteiger partial charge < -0.3 is 14.4 Å². The number of hydrogen-bond acceptors (Lipinski definition) is 4. The number of ether oxygens (including phenoxy) is 2. The van der Waals surface area contributed by atoms with E-state index in [4.69, 9.17) is 9.47 Å². The molecule has 0 N–H and O–H groups in total. The van der Waals surface area contributed by atoms with Crippen LogP contribution in [0.4, 0.5) is 0 Å². The van der Waals surface area contributed by atoms with E-state index in [1.165, 1.54) is 0 Å². The molecular formula is C15H29NO3. The van der Waals surface area contributed by atoms with Gasteiger partial charge in [0.15, 0.2) is 0 Å². The van der Waals surface area contributed by atoms with Gasteiger partial charge in [0.2, 0.25) is 0 Å². The first-order chi connectivity index (χ1) is 9.01. The van der Waals surface area contributed by atoms with E-state index in [1.807, 2.05) is 0 Å². The van der Waals surface area contributed by atoms with Gasteiger partial charge in [-0.1, -0.05) is 13.8 Å². The molecule has 112 valence electrons. The summed E-state index contributed by atoms with van der Waals surface area (Å²) < 4.78 is 10.2. The summed E-state index contributed by atoms with van der Waals surface area (Å²) in [5, 5.41) is 0. The van der Waals surface area contributed by atoms with Gasteiger partial charge >= 0.3 is 0 Å². The highest BCUT2D eigenvalue weighted by Gasteiger charge is 2.40. The standard InChI is InChI=1S/C15H29NO3/c1-15(2)7-6-13(14(15)17)12-16(9-11-19-4)8-5-10-18-3/h13H,5-12H2,1-4H3. The lowest BCUT2D eigenvalue weighted by atomic mass is 9.89. The molecule has 0 saturated heterocycles. The Morgan fingerprint density at radius 3 is 2.42 bits per heavy atom. The van der Waals surface area contributed by atoms with E-state index in [-0.39, 0.29) is 11.3 Å². The number of carbonyl (C=O) groups excluding carboxylic acids is 1. The molecule has 1 saturated carbocycles. The lowest BCUT2D eigenvalue weighted by molar-refractivity contribution is -0.128. The zero-order valence-electron chi connectivity index (χ0n) is 12.9. The maximum Gasteiger partial charge on any atom is 0.142 e. The first-order valence-corrected chi connectivity index (χ1v) is 7.26. The summed E-state index contributed by atoms with van der Waals surface area (Å²) in [5.41, 5.74) is -0.121. The number of methoxy groups -OCH3 is 2. The summed E-state index contributed by atoms with van der Waals surface area (Å²) in [6.45, 7) is 8.37. The first kappa shape index (κ1) is 16.6. The molecule has 0 radical (unpaired) electrons. The van der Waals surface area contributed by atoms with Crippen LogP contribution in [0.1, 0.15) is 33.1 Å². The van der Waals surface area contributed by atoms with Crippen molar-refractivity contribution in [2.24, 2.45) is 11.3 Å². The Balaban J connectivity index is 2.45. The molecule has 0 heterocycles. The summed E-state index contributed by atoms with van der Waals surface area (Å²) in [6.07, 6.45) is 3.05. The zero-order chi connectivity index (χ0) is 14.3. The molecule has 1 aliphatic rings. The van der Waals surface area contributed by atoms with Gasteiger partial charge in [-0.3, -0.25) is 4.79 Å². The maximum absolute atomic E-state index is 12.3. The summed E-state index contributed by atoms with van der Waals surface area (Å²) in [6, 6.07) is 0. The summed E-state index contributed by atoms with van der Waals surface area (Å²) in [4.78, 5) is 14.6. The number of carbonyl (C=O) groups is 1. The predicted molar refractivity (Wildman–Crippen MR) is 76.3 cm³/mol. The normalized spacial score (nSPS) is 22.4. The molecule has 1 fully saturated rings. The van der Waals surface area contributed by atoms with Gasteiger partial charge in [0.1, 0.15) is 5.78 Å². The fraction of sp³-hybridized carbons (Fsp3) is 0.933. The average Bonchev–Trinajstić information content (AvgIpc) is 2.63. The van der Waals surface area contributed by atoms with E-state index in [1.54, 1.807) is 14.2 Å². The van der Waals surface area contributed by atoms with E-state index < -0.39 is 0 Å². The average molecular weight is 271 g/mol. The summed E-state index contributed by atoms with van der Waals surface area (Å²) in [7, 11) is 3.44. The van der Waals surface area contributed by atoms with Crippen LogP contribution in [0.2, 0.25) is 0 Å². The molecule has 0 amide bonds. The van der Waals surface area contributed by atoms with Crippen LogP contribution >= 0.6 is 0 Å². The van der Waals surface area contributed by atoms with Gasteiger partial charge in [-0.2, -0.15) is 0 Å². The van der Waals surface area contributed by atoms with E-state index in [2.05, 4.69) is 18.7 Å². The van der Waals surface area contributed by atoms with Crippen LogP contribution in [0.15, 0.2) is 0 Å². The van der Waals surface area contributed by atoms with Crippen molar-refractivity contribution in [1.29, 1.82) is 0 Å². The number of Topliss-reactive ketones (excluding diaryl/α,β-unsaturated/α-hetero) is 1. The number of ketones is 1. The highest BCUT2D eigenvalue weighted by molar-refractivity contribution is 5.88. The minimum Gasteiger partial charge on any atom is -0.385 e. The maximum atomic E-state index is 12.3. The lowest BCUT2D eigenvalue weighted by Gasteiger charge is -2.25. The SMILES string of the molecule is COCCCN(CCOC)CC1CCC(C)(C)C1=O. The van der Waals surface area contributed by atoms with Crippen LogP contribution in [-0.4, -0.2) is 57.8 Å². The van der Waals surface area contributed by atoms with Crippen LogP contribution in [0.5, 0.6) is 0 Å². The molecule has 1 unspecified atom stereocenters. The Bertz CT molecular complexity index is 279. The van der Waals surface area contributed by atoms with Gasteiger partial charge in [-0.15, -0.1) is 0 Å². The molecule has 0 bridgehead atoms. The summed E-state index contributed by atoms with van der Waals surface area (Å²) in [5.74, 6) is 0.635. The van der Waals surface area contributed by atoms with Crippen LogP contribution in [0.3, 0.4) is 0 Å². The predicted octanol–water partition coefficient (Wildman–Crippen LogP) is 1.98. The minimum atomic E-state index is -0.121. The molecule has 0 aromatic carbocycles. The van der Waals surface area contributed by atoms with Crippen molar-refractivity contribution in [3.63, 3.8) is 0 Å². The lowest BCUT2D eigenvalue weighted by Crippen LogP contribution is -2.36. The van der Waals surface area contributed by atoms with E-state index in [0.29, 0.717) is 5.78 Å². The molecule has 0 aromatic rings. The largest absolute Gasteiger partial charge is 0.385 e. The molecular weight excluding hydrogens is 242 g/mol. The molecule has 0 aliphatic heterocycles. The molecule has 1 rings (SSSR count). The third-order valence-corrected chi connectivity index (χ3v) is 4.07. The fourth-order valence-electron chi connectivity index (χ4n) is 2.78. The van der Waals surface area contributed by atoms with Crippen molar-refractivity contribution in [2.75, 3.05) is 47.1 Å². The molecule has 4 heteroatoms. The van der Waals surface area contributed by atoms with Crippen molar-refractivity contribution in [3.8, 4) is 0 Å². The van der Waals surface area contributed by atoms with Gasteiger partial charge in [0.25, 0.3) is 0 Å². The highest BCUT2D eigenvalue weighted by Crippen LogP contribution is 2.37. The summed E-state index contributed by atoms with van der Waals surface area (Å²) >= 11 is 0. The quantitative estimate of drug-likeness (QED) is 0.601. The molecule has 0 spiro atoms. The van der Waals surface area contributed by atoms with E-state index in [9.17, 15) is 4.79 Å². The second kappa shape index (κ2) is 7.98. The van der Waals surface area contributed by atoms with Crippen molar-refractivity contribution in [3.05, 3.63) is 0 Å². The monoisotopic (exact) mass is 271 g/mol. The van der Waals surface area contributed by atoms with Crippen molar-refractivity contribution >= 4 is 5.78 Å². The first-order valence-electron chi connectivity index (χ1n) is 7.26. The third-order valence-electron chi connectivity index (χ3n) is 4.07. The molecule has 19 heavy (non-hydrogen) atoms. The Hall–Kier alpha value is -0.450. The Kier molecular flexibility index (Phi) is 6.97. The van der Waals surface area contributed by atoms with Crippen LogP contribution < -0.4 is 0 Å². The highest BCUT2D eigenvalue weighted by atomic mass is 16.5. The topological polar surface area (TPSA) is 38.8 Å². The minimum absolute atomic E-state index is 0.121. The third kappa shape index (κ3) is 5.21. The van der Waals surface area contributed by atoms with Crippen LogP contribution in [0.25, 0.3) is 0 Å². The van der Waals surface area contributed by atoms with Crippen LogP contribution in [-0.2, 0) is 14.3 Å². The molecule has 0 aromatic heterocycles. The second-order valence-corrected chi connectivity index (χ2v) is 6.12. The molecule has 1 atom stereocenters. The van der Waals surface area contributed by atoms with Gasteiger partial charge in [0, 0.05) is 51.8 Å². The van der Waals surface area contributed by atoms with Crippen molar-refractivity contribution < 1.29 is 14.3 Å².